The third kappa shape index (κ3) is 3.30. The maximum absolute atomic E-state index is 12.5. The van der Waals surface area contributed by atoms with E-state index in [-0.39, 0.29) is 11.5 Å². The second-order valence-corrected chi connectivity index (χ2v) is 7.66. The van der Waals surface area contributed by atoms with Gasteiger partial charge in [0.15, 0.2) is 5.16 Å². The van der Waals surface area contributed by atoms with Gasteiger partial charge in [-0.1, -0.05) is 11.8 Å². The number of rotatable bonds is 4. The molecule has 1 atom stereocenters. The molecule has 0 radical (unpaired) electrons. The number of nitrogens with zero attached hydrogens (tertiary/aromatic N) is 3. The lowest BCUT2D eigenvalue weighted by atomic mass is 10.0. The Kier molecular flexibility index (Phi) is 5.06. The minimum Gasteiger partial charge on any atom is -0.339 e. The monoisotopic (exact) mass is 351 g/mol. The van der Waals surface area contributed by atoms with E-state index >= 15 is 0 Å². The lowest BCUT2D eigenvalue weighted by Crippen LogP contribution is -2.43. The highest BCUT2D eigenvalue weighted by Crippen LogP contribution is 2.23. The predicted octanol–water partition coefficient (Wildman–Crippen LogP) is 2.97. The summed E-state index contributed by atoms with van der Waals surface area (Å²) in [6, 6.07) is 2.18. The average molecular weight is 351 g/mol. The molecule has 1 aliphatic heterocycles. The van der Waals surface area contributed by atoms with Crippen molar-refractivity contribution in [1.82, 2.24) is 14.5 Å². The molecule has 7 heteroatoms. The molecule has 2 aromatic rings. The van der Waals surface area contributed by atoms with E-state index in [1.54, 1.807) is 4.57 Å². The van der Waals surface area contributed by atoms with Gasteiger partial charge in [0.25, 0.3) is 5.56 Å². The van der Waals surface area contributed by atoms with Gasteiger partial charge in [-0.15, -0.1) is 11.3 Å². The lowest BCUT2D eigenvalue weighted by Gasteiger charge is -2.33. The number of hydrogen-bond acceptors (Lipinski definition) is 5. The molecular weight excluding hydrogens is 330 g/mol. The van der Waals surface area contributed by atoms with Gasteiger partial charge in [-0.2, -0.15) is 0 Å². The van der Waals surface area contributed by atoms with Crippen molar-refractivity contribution in [1.29, 1.82) is 0 Å². The van der Waals surface area contributed by atoms with Crippen LogP contribution < -0.4 is 5.56 Å². The molecule has 23 heavy (non-hydrogen) atoms. The normalized spacial score (nSPS) is 18.5. The van der Waals surface area contributed by atoms with Gasteiger partial charge in [0, 0.05) is 19.1 Å². The number of carbonyl (C=O) groups is 1. The topological polar surface area (TPSA) is 55.2 Å². The molecule has 0 spiro atoms. The summed E-state index contributed by atoms with van der Waals surface area (Å²) in [5, 5.41) is 2.52. The molecule has 5 nitrogen and oxygen atoms in total. The average Bonchev–Trinajstić information content (AvgIpc) is 3.02. The Balaban J connectivity index is 1.78. The second-order valence-electron chi connectivity index (χ2n) is 5.80. The van der Waals surface area contributed by atoms with Gasteiger partial charge in [0.05, 0.1) is 11.3 Å². The molecule has 0 bridgehead atoms. The second kappa shape index (κ2) is 7.05. The third-order valence-corrected chi connectivity index (χ3v) is 6.15. The molecule has 1 fully saturated rings. The van der Waals surface area contributed by atoms with Crippen molar-refractivity contribution in [2.45, 2.75) is 50.9 Å². The zero-order chi connectivity index (χ0) is 16.4. The summed E-state index contributed by atoms with van der Waals surface area (Å²) in [6.07, 6.45) is 3.36. The maximum Gasteiger partial charge on any atom is 0.272 e. The van der Waals surface area contributed by atoms with Crippen LogP contribution in [0.15, 0.2) is 21.4 Å². The molecule has 2 aromatic heterocycles. The SMILES string of the molecule is CCn1c(SCC(=O)N2CCCC[C@H]2C)nc2ccsc2c1=O. The van der Waals surface area contributed by atoms with Gasteiger partial charge in [-0.3, -0.25) is 14.2 Å². The molecule has 1 saturated heterocycles. The molecule has 124 valence electrons. The number of aromatic nitrogens is 2. The van der Waals surface area contributed by atoms with Gasteiger partial charge in [0.2, 0.25) is 5.91 Å². The molecule has 0 N–H and O–H groups in total. The van der Waals surface area contributed by atoms with Crippen LogP contribution in [-0.2, 0) is 11.3 Å². The summed E-state index contributed by atoms with van der Waals surface area (Å²) in [6.45, 7) is 5.45. The van der Waals surface area contributed by atoms with Gasteiger partial charge < -0.3 is 4.90 Å². The summed E-state index contributed by atoms with van der Waals surface area (Å²) in [7, 11) is 0. The van der Waals surface area contributed by atoms with Crippen molar-refractivity contribution in [2.24, 2.45) is 0 Å². The van der Waals surface area contributed by atoms with Crippen molar-refractivity contribution in [3.63, 3.8) is 0 Å². The van der Waals surface area contributed by atoms with Crippen LogP contribution >= 0.6 is 23.1 Å². The Bertz CT molecular complexity index is 768. The van der Waals surface area contributed by atoms with Crippen LogP contribution in [0.1, 0.15) is 33.1 Å². The van der Waals surface area contributed by atoms with E-state index in [0.717, 1.165) is 24.9 Å². The summed E-state index contributed by atoms with van der Waals surface area (Å²) < 4.78 is 2.35. The minimum atomic E-state index is -0.00575. The highest BCUT2D eigenvalue weighted by Gasteiger charge is 2.23. The molecule has 0 aliphatic carbocycles. The first-order chi connectivity index (χ1) is 11.1. The number of likely N-dealkylation sites (tertiary alicyclic amines) is 1. The molecule has 3 rings (SSSR count). The third-order valence-electron chi connectivity index (χ3n) is 4.30. The molecule has 1 aliphatic rings. The number of thiophene rings is 1. The number of thioether (sulfide) groups is 1. The summed E-state index contributed by atoms with van der Waals surface area (Å²) in [5.41, 5.74) is 0.722. The standard InChI is InChI=1S/C16H21N3O2S2/c1-3-18-15(21)14-12(7-9-22-14)17-16(18)23-10-13(20)19-8-5-4-6-11(19)2/h7,9,11H,3-6,8,10H2,1-2H3/t11-/m1/s1. The van der Waals surface area contributed by atoms with Crippen LogP contribution in [0.2, 0.25) is 0 Å². The van der Waals surface area contributed by atoms with Gasteiger partial charge in [-0.05, 0) is 44.6 Å². The number of hydrogen-bond donors (Lipinski definition) is 0. The fourth-order valence-electron chi connectivity index (χ4n) is 2.99. The number of fused-ring (bicyclic) bond motifs is 1. The van der Waals surface area contributed by atoms with Gasteiger partial charge in [-0.25, -0.2) is 4.98 Å². The van der Waals surface area contributed by atoms with Crippen LogP contribution in [0.25, 0.3) is 10.2 Å². The zero-order valence-electron chi connectivity index (χ0n) is 13.4. The Morgan fingerprint density at radius 1 is 1.48 bits per heavy atom. The van der Waals surface area contributed by atoms with E-state index in [2.05, 4.69) is 11.9 Å². The van der Waals surface area contributed by atoms with Crippen LogP contribution in [0.4, 0.5) is 0 Å². The Hall–Kier alpha value is -1.34. The van der Waals surface area contributed by atoms with Crippen molar-refractivity contribution >= 4 is 39.2 Å². The smallest absolute Gasteiger partial charge is 0.272 e. The fraction of sp³-hybridized carbons (Fsp3) is 0.562. The van der Waals surface area contributed by atoms with Crippen molar-refractivity contribution in [3.05, 3.63) is 21.8 Å². The van der Waals surface area contributed by atoms with Crippen LogP contribution in [-0.4, -0.2) is 38.7 Å². The summed E-state index contributed by atoms with van der Waals surface area (Å²) >= 11 is 2.79. The highest BCUT2D eigenvalue weighted by molar-refractivity contribution is 7.99. The highest BCUT2D eigenvalue weighted by atomic mass is 32.2. The largest absolute Gasteiger partial charge is 0.339 e. The quantitative estimate of drug-likeness (QED) is 0.628. The van der Waals surface area contributed by atoms with E-state index in [1.165, 1.54) is 29.5 Å². The Labute approximate surface area is 143 Å². The van der Waals surface area contributed by atoms with Crippen molar-refractivity contribution in [2.75, 3.05) is 12.3 Å². The van der Waals surface area contributed by atoms with E-state index in [0.29, 0.717) is 28.2 Å². The van der Waals surface area contributed by atoms with Crippen molar-refractivity contribution < 1.29 is 4.79 Å². The Morgan fingerprint density at radius 3 is 3.04 bits per heavy atom. The molecule has 0 unspecified atom stereocenters. The van der Waals surface area contributed by atoms with E-state index in [1.807, 2.05) is 23.3 Å². The fourth-order valence-corrected chi connectivity index (χ4v) is 4.72. The lowest BCUT2D eigenvalue weighted by molar-refractivity contribution is -0.131. The molecule has 1 amide bonds. The minimum absolute atomic E-state index is 0.00575. The van der Waals surface area contributed by atoms with Crippen LogP contribution in [0.3, 0.4) is 0 Å². The first-order valence-corrected chi connectivity index (χ1v) is 9.88. The van der Waals surface area contributed by atoms with Crippen LogP contribution in [0, 0.1) is 0 Å². The van der Waals surface area contributed by atoms with Gasteiger partial charge in [0.1, 0.15) is 4.70 Å². The summed E-state index contributed by atoms with van der Waals surface area (Å²) in [5.74, 6) is 0.483. The molecule has 0 saturated carbocycles. The zero-order valence-corrected chi connectivity index (χ0v) is 15.1. The first kappa shape index (κ1) is 16.5. The van der Waals surface area contributed by atoms with Gasteiger partial charge >= 0.3 is 0 Å². The maximum atomic E-state index is 12.5. The number of carbonyl (C=O) groups excluding carboxylic acids is 1. The van der Waals surface area contributed by atoms with E-state index < -0.39 is 0 Å². The number of piperidine rings is 1. The van der Waals surface area contributed by atoms with Crippen LogP contribution in [0.5, 0.6) is 0 Å². The summed E-state index contributed by atoms with van der Waals surface area (Å²) in [4.78, 5) is 31.5. The van der Waals surface area contributed by atoms with Crippen molar-refractivity contribution in [3.8, 4) is 0 Å². The van der Waals surface area contributed by atoms with E-state index in [4.69, 9.17) is 0 Å². The molecular formula is C16H21N3O2S2. The predicted molar refractivity (Wildman–Crippen MR) is 95.3 cm³/mol. The first-order valence-electron chi connectivity index (χ1n) is 8.02. The Morgan fingerprint density at radius 2 is 2.30 bits per heavy atom. The number of amides is 1. The van der Waals surface area contributed by atoms with E-state index in [9.17, 15) is 9.59 Å². The molecule has 3 heterocycles. The molecule has 0 aromatic carbocycles.